The van der Waals surface area contributed by atoms with E-state index in [2.05, 4.69) is 31.5 Å². The molecule has 0 aliphatic heterocycles. The molecule has 0 atom stereocenters. The standard InChI is InChI=1S/C22H20N6O2/c1-13-8-14(2)10-16(9-13)25-21(29)18-11-28(12-24-18)20-17(4-3-7-23-20)22-26-19(27-30-22)15-5-6-15/h3-4,7-12,15H,5-6H2,1-2H3,(H,25,29). The van der Waals surface area contributed by atoms with Gasteiger partial charge in [-0.15, -0.1) is 0 Å². The second-order valence-electron chi connectivity index (χ2n) is 7.60. The fraction of sp³-hybridized carbons (Fsp3) is 0.227. The highest BCUT2D eigenvalue weighted by molar-refractivity contribution is 6.02. The summed E-state index contributed by atoms with van der Waals surface area (Å²) in [6.07, 6.45) is 7.06. The fourth-order valence-electron chi connectivity index (χ4n) is 3.42. The first kappa shape index (κ1) is 18.2. The van der Waals surface area contributed by atoms with Gasteiger partial charge in [0.25, 0.3) is 11.8 Å². The molecule has 1 fully saturated rings. The summed E-state index contributed by atoms with van der Waals surface area (Å²) in [5.74, 6) is 1.83. The predicted molar refractivity (Wildman–Crippen MR) is 110 cm³/mol. The summed E-state index contributed by atoms with van der Waals surface area (Å²) >= 11 is 0. The van der Waals surface area contributed by atoms with Gasteiger partial charge in [-0.1, -0.05) is 11.2 Å². The number of hydrogen-bond acceptors (Lipinski definition) is 6. The van der Waals surface area contributed by atoms with E-state index in [9.17, 15) is 4.79 Å². The minimum atomic E-state index is -0.287. The Hall–Kier alpha value is -3.81. The fourth-order valence-corrected chi connectivity index (χ4v) is 3.42. The highest BCUT2D eigenvalue weighted by Gasteiger charge is 2.29. The zero-order valence-corrected chi connectivity index (χ0v) is 16.7. The van der Waals surface area contributed by atoms with Gasteiger partial charge in [0.05, 0.1) is 5.56 Å². The number of carbonyl (C=O) groups excluding carboxylic acids is 1. The molecule has 4 aromatic rings. The summed E-state index contributed by atoms with van der Waals surface area (Å²) in [5.41, 5.74) is 3.88. The van der Waals surface area contributed by atoms with Gasteiger partial charge in [0.2, 0.25) is 0 Å². The van der Waals surface area contributed by atoms with Crippen molar-refractivity contribution >= 4 is 11.6 Å². The molecule has 8 heteroatoms. The van der Waals surface area contributed by atoms with Gasteiger partial charge in [-0.25, -0.2) is 9.97 Å². The third kappa shape index (κ3) is 3.59. The van der Waals surface area contributed by atoms with Crippen molar-refractivity contribution in [3.8, 4) is 17.3 Å². The van der Waals surface area contributed by atoms with Crippen LogP contribution in [-0.2, 0) is 0 Å². The van der Waals surface area contributed by atoms with Crippen LogP contribution in [0.3, 0.4) is 0 Å². The van der Waals surface area contributed by atoms with Crippen LogP contribution in [0, 0.1) is 13.8 Å². The number of imidazole rings is 1. The topological polar surface area (TPSA) is 98.7 Å². The van der Waals surface area contributed by atoms with Gasteiger partial charge in [-0.3, -0.25) is 9.36 Å². The number of aromatic nitrogens is 5. The Balaban J connectivity index is 1.42. The first-order chi connectivity index (χ1) is 14.6. The maximum atomic E-state index is 12.7. The van der Waals surface area contributed by atoms with Crippen molar-refractivity contribution in [2.24, 2.45) is 0 Å². The van der Waals surface area contributed by atoms with Crippen LogP contribution < -0.4 is 5.32 Å². The zero-order valence-electron chi connectivity index (χ0n) is 16.7. The number of amides is 1. The van der Waals surface area contributed by atoms with Gasteiger partial charge in [-0.2, -0.15) is 4.98 Å². The van der Waals surface area contributed by atoms with Gasteiger partial charge >= 0.3 is 0 Å². The first-order valence-electron chi connectivity index (χ1n) is 9.80. The van der Waals surface area contributed by atoms with Crippen molar-refractivity contribution in [1.82, 2.24) is 24.7 Å². The minimum Gasteiger partial charge on any atom is -0.334 e. The number of anilines is 1. The van der Waals surface area contributed by atoms with Crippen molar-refractivity contribution in [2.45, 2.75) is 32.6 Å². The molecule has 150 valence electrons. The molecule has 1 N–H and O–H groups in total. The average Bonchev–Trinajstić information content (AvgIpc) is 3.25. The van der Waals surface area contributed by atoms with E-state index in [0.29, 0.717) is 23.2 Å². The molecule has 1 aliphatic carbocycles. The van der Waals surface area contributed by atoms with Crippen molar-refractivity contribution in [3.05, 3.63) is 71.7 Å². The Morgan fingerprint density at radius 2 is 1.97 bits per heavy atom. The van der Waals surface area contributed by atoms with Gasteiger partial charge in [0, 0.05) is 24.0 Å². The van der Waals surface area contributed by atoms with E-state index in [1.807, 2.05) is 38.1 Å². The Morgan fingerprint density at radius 3 is 2.73 bits per heavy atom. The monoisotopic (exact) mass is 400 g/mol. The number of nitrogens with one attached hydrogen (secondary N) is 1. The summed E-state index contributed by atoms with van der Waals surface area (Å²) in [7, 11) is 0. The highest BCUT2D eigenvalue weighted by Crippen LogP contribution is 2.39. The molecule has 30 heavy (non-hydrogen) atoms. The lowest BCUT2D eigenvalue weighted by Crippen LogP contribution is -2.12. The maximum absolute atomic E-state index is 12.7. The lowest BCUT2D eigenvalue weighted by atomic mass is 10.1. The van der Waals surface area contributed by atoms with Crippen LogP contribution in [0.5, 0.6) is 0 Å². The summed E-state index contributed by atoms with van der Waals surface area (Å²) in [6.45, 7) is 3.98. The second-order valence-corrected chi connectivity index (χ2v) is 7.60. The van der Waals surface area contributed by atoms with E-state index in [1.54, 1.807) is 23.3 Å². The molecule has 1 aromatic carbocycles. The van der Waals surface area contributed by atoms with E-state index in [0.717, 1.165) is 35.5 Å². The first-order valence-corrected chi connectivity index (χ1v) is 9.80. The molecule has 0 unspecified atom stereocenters. The molecule has 0 bridgehead atoms. The number of benzene rings is 1. The number of rotatable bonds is 5. The summed E-state index contributed by atoms with van der Waals surface area (Å²) in [5, 5.41) is 6.98. The summed E-state index contributed by atoms with van der Waals surface area (Å²) in [4.78, 5) is 25.9. The third-order valence-corrected chi connectivity index (χ3v) is 4.94. The zero-order chi connectivity index (χ0) is 20.7. The molecule has 8 nitrogen and oxygen atoms in total. The van der Waals surface area contributed by atoms with Gasteiger partial charge in [0.15, 0.2) is 11.6 Å². The van der Waals surface area contributed by atoms with E-state index >= 15 is 0 Å². The van der Waals surface area contributed by atoms with Crippen LogP contribution in [0.4, 0.5) is 5.69 Å². The Labute approximate surface area is 173 Å². The second kappa shape index (κ2) is 7.22. The van der Waals surface area contributed by atoms with Crippen LogP contribution in [-0.4, -0.2) is 30.6 Å². The SMILES string of the molecule is Cc1cc(C)cc(NC(=O)c2cn(-c3ncccc3-c3nc(C4CC4)no3)cn2)c1. The number of aryl methyl sites for hydroxylation is 2. The third-order valence-electron chi connectivity index (χ3n) is 4.94. The van der Waals surface area contributed by atoms with Crippen LogP contribution in [0.1, 0.15) is 46.2 Å². The molecule has 1 aliphatic rings. The Kier molecular flexibility index (Phi) is 4.39. The molecule has 3 aromatic heterocycles. The van der Waals surface area contributed by atoms with E-state index < -0.39 is 0 Å². The van der Waals surface area contributed by atoms with Crippen molar-refractivity contribution in [1.29, 1.82) is 0 Å². The number of hydrogen-bond donors (Lipinski definition) is 1. The van der Waals surface area contributed by atoms with E-state index in [4.69, 9.17) is 4.52 Å². The molecule has 0 spiro atoms. The molecular formula is C22H20N6O2. The van der Waals surface area contributed by atoms with E-state index in [-0.39, 0.29) is 11.6 Å². The van der Waals surface area contributed by atoms with E-state index in [1.165, 1.54) is 0 Å². The summed E-state index contributed by atoms with van der Waals surface area (Å²) < 4.78 is 7.14. The van der Waals surface area contributed by atoms with Crippen LogP contribution in [0.15, 0.2) is 53.6 Å². The van der Waals surface area contributed by atoms with Crippen molar-refractivity contribution < 1.29 is 9.32 Å². The molecule has 3 heterocycles. The molecule has 1 saturated carbocycles. The predicted octanol–water partition coefficient (Wildman–Crippen LogP) is 4.06. The molecule has 0 saturated heterocycles. The van der Waals surface area contributed by atoms with Crippen LogP contribution in [0.25, 0.3) is 17.3 Å². The van der Waals surface area contributed by atoms with Gasteiger partial charge in [-0.05, 0) is 62.1 Å². The summed E-state index contributed by atoms with van der Waals surface area (Å²) in [6, 6.07) is 9.57. The van der Waals surface area contributed by atoms with Crippen LogP contribution in [0.2, 0.25) is 0 Å². The largest absolute Gasteiger partial charge is 0.334 e. The molecular weight excluding hydrogens is 380 g/mol. The maximum Gasteiger partial charge on any atom is 0.275 e. The number of carbonyl (C=O) groups is 1. The lowest BCUT2D eigenvalue weighted by molar-refractivity contribution is 0.102. The molecule has 0 radical (unpaired) electrons. The highest BCUT2D eigenvalue weighted by atomic mass is 16.5. The average molecular weight is 400 g/mol. The Morgan fingerprint density at radius 1 is 1.17 bits per heavy atom. The smallest absolute Gasteiger partial charge is 0.275 e. The number of nitrogens with zero attached hydrogens (tertiary/aromatic N) is 5. The Bertz CT molecular complexity index is 1220. The normalized spacial score (nSPS) is 13.4. The lowest BCUT2D eigenvalue weighted by Gasteiger charge is -2.06. The number of pyridine rings is 1. The van der Waals surface area contributed by atoms with Gasteiger partial charge < -0.3 is 9.84 Å². The van der Waals surface area contributed by atoms with Crippen LogP contribution >= 0.6 is 0 Å². The van der Waals surface area contributed by atoms with Gasteiger partial charge in [0.1, 0.15) is 12.0 Å². The molecule has 1 amide bonds. The molecule has 5 rings (SSSR count). The minimum absolute atomic E-state index is 0.287. The van der Waals surface area contributed by atoms with Crippen molar-refractivity contribution in [3.63, 3.8) is 0 Å². The quantitative estimate of drug-likeness (QED) is 0.542. The van der Waals surface area contributed by atoms with Crippen molar-refractivity contribution in [2.75, 3.05) is 5.32 Å².